The monoisotopic (exact) mass is 320 g/mol. The van der Waals surface area contributed by atoms with Gasteiger partial charge in [0.25, 0.3) is 5.91 Å². The number of carbonyl (C=O) groups is 1. The van der Waals surface area contributed by atoms with Crippen LogP contribution in [-0.2, 0) is 0 Å². The van der Waals surface area contributed by atoms with Crippen LogP contribution in [0.25, 0.3) is 4.96 Å². The maximum Gasteiger partial charge on any atom is 0.266 e. The van der Waals surface area contributed by atoms with E-state index < -0.39 is 0 Å². The predicted octanol–water partition coefficient (Wildman–Crippen LogP) is 3.63. The van der Waals surface area contributed by atoms with Crippen molar-refractivity contribution >= 4 is 22.2 Å². The van der Waals surface area contributed by atoms with Crippen molar-refractivity contribution in [2.45, 2.75) is 71.9 Å². The zero-order valence-corrected chi connectivity index (χ0v) is 14.8. The molecule has 0 saturated carbocycles. The van der Waals surface area contributed by atoms with Crippen LogP contribution < -0.4 is 0 Å². The smallest absolute Gasteiger partial charge is 0.266 e. The molecule has 5 nitrogen and oxygen atoms in total. The number of hydrogen-bond acceptors (Lipinski definition) is 4. The molecule has 1 fully saturated rings. The second kappa shape index (κ2) is 5.65. The average Bonchev–Trinajstić information content (AvgIpc) is 2.99. The van der Waals surface area contributed by atoms with E-state index in [-0.39, 0.29) is 5.91 Å². The van der Waals surface area contributed by atoms with E-state index in [4.69, 9.17) is 0 Å². The van der Waals surface area contributed by atoms with Crippen LogP contribution in [0.2, 0.25) is 0 Å². The Bertz CT molecular complexity index is 692. The van der Waals surface area contributed by atoms with Gasteiger partial charge in [0.2, 0.25) is 4.96 Å². The molecule has 1 amide bonds. The first-order chi connectivity index (χ1) is 10.4. The van der Waals surface area contributed by atoms with Crippen molar-refractivity contribution in [1.82, 2.24) is 19.5 Å². The highest BCUT2D eigenvalue weighted by Gasteiger charge is 2.32. The average molecular weight is 320 g/mol. The van der Waals surface area contributed by atoms with Crippen LogP contribution in [0, 0.1) is 6.92 Å². The Kier molecular flexibility index (Phi) is 3.97. The van der Waals surface area contributed by atoms with Crippen molar-refractivity contribution < 1.29 is 4.79 Å². The van der Waals surface area contributed by atoms with Crippen LogP contribution in [-0.4, -0.2) is 37.5 Å². The van der Waals surface area contributed by atoms with E-state index >= 15 is 0 Å². The summed E-state index contributed by atoms with van der Waals surface area (Å²) in [4.78, 5) is 16.8. The Morgan fingerprint density at radius 1 is 1.23 bits per heavy atom. The van der Waals surface area contributed by atoms with Gasteiger partial charge in [0.05, 0.1) is 0 Å². The molecule has 0 N–H and O–H groups in total. The molecule has 3 rings (SSSR count). The topological polar surface area (TPSA) is 50.5 Å². The number of carbonyl (C=O) groups excluding carboxylic acids is 1. The minimum Gasteiger partial charge on any atom is -0.332 e. The molecule has 2 aromatic rings. The number of hydrogen-bond donors (Lipinski definition) is 0. The van der Waals surface area contributed by atoms with E-state index in [9.17, 15) is 4.79 Å². The highest BCUT2D eigenvalue weighted by molar-refractivity contribution is 7.19. The number of thiazole rings is 1. The third kappa shape index (κ3) is 2.33. The van der Waals surface area contributed by atoms with Crippen molar-refractivity contribution in [2.24, 2.45) is 0 Å². The fourth-order valence-electron chi connectivity index (χ4n) is 3.44. The molecule has 2 aromatic heterocycles. The summed E-state index contributed by atoms with van der Waals surface area (Å²) in [6.45, 7) is 10.5. The Morgan fingerprint density at radius 3 is 2.45 bits per heavy atom. The zero-order valence-electron chi connectivity index (χ0n) is 14.0. The summed E-state index contributed by atoms with van der Waals surface area (Å²) in [6, 6.07) is 0.625. The maximum atomic E-state index is 13.1. The van der Waals surface area contributed by atoms with Crippen molar-refractivity contribution in [3.8, 4) is 0 Å². The van der Waals surface area contributed by atoms with Crippen molar-refractivity contribution in [1.29, 1.82) is 0 Å². The quantitative estimate of drug-likeness (QED) is 0.849. The van der Waals surface area contributed by atoms with E-state index in [1.54, 1.807) is 0 Å². The number of aromatic nitrogens is 3. The highest BCUT2D eigenvalue weighted by Crippen LogP contribution is 2.30. The van der Waals surface area contributed by atoms with Gasteiger partial charge in [0, 0.05) is 23.7 Å². The van der Waals surface area contributed by atoms with Gasteiger partial charge >= 0.3 is 0 Å². The number of nitrogens with zero attached hydrogens (tertiary/aromatic N) is 4. The van der Waals surface area contributed by atoms with Gasteiger partial charge in [-0.05, 0) is 40.0 Å². The Balaban J connectivity index is 2.02. The molecule has 1 saturated heterocycles. The largest absolute Gasteiger partial charge is 0.332 e. The molecule has 6 heteroatoms. The SMILES string of the molecule is Cc1c(C(=O)N2C(C)CCCC2C)sc2nnc(C(C)C)n12. The van der Waals surface area contributed by atoms with Crippen LogP contribution >= 0.6 is 11.3 Å². The van der Waals surface area contributed by atoms with Crippen molar-refractivity contribution in [3.05, 3.63) is 16.4 Å². The van der Waals surface area contributed by atoms with Gasteiger partial charge in [-0.15, -0.1) is 10.2 Å². The second-order valence-electron chi connectivity index (χ2n) is 6.69. The van der Waals surface area contributed by atoms with Gasteiger partial charge in [-0.1, -0.05) is 25.2 Å². The molecule has 3 heterocycles. The van der Waals surface area contributed by atoms with Gasteiger partial charge in [-0.2, -0.15) is 0 Å². The molecule has 120 valence electrons. The first kappa shape index (κ1) is 15.5. The van der Waals surface area contributed by atoms with E-state index in [0.29, 0.717) is 18.0 Å². The standard InChI is InChI=1S/C16H24N4OS/c1-9(2)14-17-18-16-20(14)12(5)13(22-16)15(21)19-10(3)7-6-8-11(19)4/h9-11H,6-8H2,1-5H3. The van der Waals surface area contributed by atoms with Crippen LogP contribution in [0.15, 0.2) is 0 Å². The maximum absolute atomic E-state index is 13.1. The third-order valence-electron chi connectivity index (χ3n) is 4.65. The number of likely N-dealkylation sites (tertiary alicyclic amines) is 1. The van der Waals surface area contributed by atoms with E-state index in [0.717, 1.165) is 34.2 Å². The highest BCUT2D eigenvalue weighted by atomic mass is 32.1. The normalized spacial score (nSPS) is 22.7. The van der Waals surface area contributed by atoms with Crippen LogP contribution in [0.3, 0.4) is 0 Å². The molecule has 2 unspecified atom stereocenters. The summed E-state index contributed by atoms with van der Waals surface area (Å²) in [7, 11) is 0. The minimum atomic E-state index is 0.155. The zero-order chi connectivity index (χ0) is 16.0. The van der Waals surface area contributed by atoms with Gasteiger partial charge in [0.15, 0.2) is 0 Å². The predicted molar refractivity (Wildman–Crippen MR) is 88.6 cm³/mol. The summed E-state index contributed by atoms with van der Waals surface area (Å²) in [5.41, 5.74) is 0.976. The molecule has 0 spiro atoms. The molecule has 0 aliphatic carbocycles. The fourth-order valence-corrected chi connectivity index (χ4v) is 4.46. The molecule has 0 bridgehead atoms. The molecule has 22 heavy (non-hydrogen) atoms. The first-order valence-corrected chi connectivity index (χ1v) is 8.90. The van der Waals surface area contributed by atoms with Gasteiger partial charge in [-0.25, -0.2) is 0 Å². The van der Waals surface area contributed by atoms with Crippen LogP contribution in [0.4, 0.5) is 0 Å². The summed E-state index contributed by atoms with van der Waals surface area (Å²) in [6.07, 6.45) is 3.40. The number of piperidine rings is 1. The summed E-state index contributed by atoms with van der Waals surface area (Å²) in [5, 5.41) is 8.50. The van der Waals surface area contributed by atoms with Gasteiger partial charge in [0.1, 0.15) is 10.7 Å². The lowest BCUT2D eigenvalue weighted by atomic mass is 9.97. The second-order valence-corrected chi connectivity index (χ2v) is 7.67. The van der Waals surface area contributed by atoms with Crippen molar-refractivity contribution in [2.75, 3.05) is 0 Å². The lowest BCUT2D eigenvalue weighted by Crippen LogP contribution is -2.47. The summed E-state index contributed by atoms with van der Waals surface area (Å²) < 4.78 is 2.04. The van der Waals surface area contributed by atoms with Crippen molar-refractivity contribution in [3.63, 3.8) is 0 Å². The fraction of sp³-hybridized carbons (Fsp3) is 0.688. The minimum absolute atomic E-state index is 0.155. The van der Waals surface area contributed by atoms with E-state index in [1.807, 2.05) is 11.3 Å². The molecular formula is C16H24N4OS. The van der Waals surface area contributed by atoms with Gasteiger partial charge < -0.3 is 4.90 Å². The Morgan fingerprint density at radius 2 is 1.86 bits per heavy atom. The lowest BCUT2D eigenvalue weighted by Gasteiger charge is -2.38. The van der Waals surface area contributed by atoms with E-state index in [2.05, 4.69) is 42.8 Å². The van der Waals surface area contributed by atoms with Gasteiger partial charge in [-0.3, -0.25) is 9.20 Å². The van der Waals surface area contributed by atoms with E-state index in [1.165, 1.54) is 17.8 Å². The molecule has 0 radical (unpaired) electrons. The van der Waals surface area contributed by atoms with Crippen LogP contribution in [0.1, 0.15) is 74.1 Å². The molecule has 2 atom stereocenters. The molecule has 1 aliphatic rings. The molecule has 1 aliphatic heterocycles. The lowest BCUT2D eigenvalue weighted by molar-refractivity contribution is 0.0514. The number of fused-ring (bicyclic) bond motifs is 1. The number of aryl methyl sites for hydroxylation is 1. The Hall–Kier alpha value is -1.43. The summed E-state index contributed by atoms with van der Waals surface area (Å²) >= 11 is 1.47. The molecule has 0 aromatic carbocycles. The van der Waals surface area contributed by atoms with Crippen LogP contribution in [0.5, 0.6) is 0 Å². The first-order valence-electron chi connectivity index (χ1n) is 8.08. The number of rotatable bonds is 2. The Labute approximate surface area is 135 Å². The molecular weight excluding hydrogens is 296 g/mol. The number of amides is 1. The third-order valence-corrected chi connectivity index (χ3v) is 5.78. The summed E-state index contributed by atoms with van der Waals surface area (Å²) in [5.74, 6) is 1.38.